The van der Waals surface area contributed by atoms with Crippen molar-refractivity contribution in [2.45, 2.75) is 38.3 Å². The van der Waals surface area contributed by atoms with Crippen molar-refractivity contribution in [1.82, 2.24) is 20.5 Å². The van der Waals surface area contributed by atoms with Crippen molar-refractivity contribution < 1.29 is 19.1 Å². The number of hydrogen-bond donors (Lipinski definition) is 3. The third-order valence-corrected chi connectivity index (χ3v) is 7.44. The maximum atomic E-state index is 13.8. The molecule has 3 aromatic rings. The number of hydrogen-bond acceptors (Lipinski definition) is 4. The van der Waals surface area contributed by atoms with E-state index < -0.39 is 12.1 Å². The fraction of sp³-hybridized carbons (Fsp3) is 0.345. The molecule has 1 fully saturated rings. The van der Waals surface area contributed by atoms with Crippen LogP contribution in [0.4, 0.5) is 0 Å². The topological polar surface area (TPSA) is 104 Å². The molecule has 190 valence electrons. The zero-order valence-corrected chi connectivity index (χ0v) is 21.0. The number of ether oxygens (including phenoxy) is 1. The predicted octanol–water partition coefficient (Wildman–Crippen LogP) is 2.87. The van der Waals surface area contributed by atoms with E-state index in [1.54, 1.807) is 18.1 Å². The average Bonchev–Trinajstić information content (AvgIpc) is 3.53. The highest BCUT2D eigenvalue weighted by Crippen LogP contribution is 2.34. The fourth-order valence-corrected chi connectivity index (χ4v) is 5.50. The van der Waals surface area contributed by atoms with E-state index in [1.807, 2.05) is 43.3 Å². The number of benzene rings is 2. The van der Waals surface area contributed by atoms with Crippen LogP contribution in [0.1, 0.15) is 46.1 Å². The lowest BCUT2D eigenvalue weighted by molar-refractivity contribution is -0.127. The molecule has 8 heteroatoms. The number of carbonyl (C=O) groups excluding carboxylic acids is 3. The summed E-state index contributed by atoms with van der Waals surface area (Å²) < 4.78 is 5.45. The van der Waals surface area contributed by atoms with Gasteiger partial charge in [0.2, 0.25) is 11.8 Å². The number of nitrogens with one attached hydrogen (secondary N) is 3. The molecule has 0 saturated carbocycles. The highest BCUT2D eigenvalue weighted by atomic mass is 16.5. The average molecular weight is 499 g/mol. The van der Waals surface area contributed by atoms with Gasteiger partial charge in [0, 0.05) is 29.9 Å². The summed E-state index contributed by atoms with van der Waals surface area (Å²) in [6.07, 6.45) is 7.44. The van der Waals surface area contributed by atoms with Crippen molar-refractivity contribution in [3.05, 3.63) is 64.8 Å². The molecule has 3 N–H and O–H groups in total. The summed E-state index contributed by atoms with van der Waals surface area (Å²) >= 11 is 0. The number of aromatic nitrogens is 1. The van der Waals surface area contributed by atoms with Gasteiger partial charge in [-0.05, 0) is 61.1 Å². The molecule has 37 heavy (non-hydrogen) atoms. The Morgan fingerprint density at radius 1 is 1.27 bits per heavy atom. The van der Waals surface area contributed by atoms with Crippen LogP contribution >= 0.6 is 0 Å². The minimum atomic E-state index is -0.849. The molecule has 1 saturated heterocycles. The molecule has 0 radical (unpaired) electrons. The first-order valence-electron chi connectivity index (χ1n) is 12.5. The third kappa shape index (κ3) is 4.53. The SMILES string of the molecule is C#CC(CC1CCNC1=O)NC(=O)C1c2cccc(C)c2CCN1C(=O)c1cc2c(OC)cccc2[nH]1. The Balaban J connectivity index is 1.47. The highest BCUT2D eigenvalue weighted by molar-refractivity contribution is 6.02. The van der Waals surface area contributed by atoms with Crippen LogP contribution in [0.5, 0.6) is 5.75 Å². The Bertz CT molecular complexity index is 1420. The summed E-state index contributed by atoms with van der Waals surface area (Å²) in [7, 11) is 1.59. The fourth-order valence-electron chi connectivity index (χ4n) is 5.50. The first-order valence-corrected chi connectivity index (χ1v) is 12.5. The Labute approximate surface area is 215 Å². The molecule has 0 aliphatic carbocycles. The molecule has 2 aliphatic rings. The van der Waals surface area contributed by atoms with Crippen LogP contribution in [0.3, 0.4) is 0 Å². The zero-order chi connectivity index (χ0) is 26.1. The summed E-state index contributed by atoms with van der Waals surface area (Å²) in [5, 5.41) is 6.55. The number of carbonyl (C=O) groups is 3. The van der Waals surface area contributed by atoms with Crippen LogP contribution in [0.2, 0.25) is 0 Å². The number of aryl methyl sites for hydroxylation is 1. The van der Waals surface area contributed by atoms with Crippen LogP contribution in [0, 0.1) is 25.2 Å². The summed E-state index contributed by atoms with van der Waals surface area (Å²) in [4.78, 5) is 44.5. The smallest absolute Gasteiger partial charge is 0.271 e. The minimum absolute atomic E-state index is 0.0424. The van der Waals surface area contributed by atoms with Gasteiger partial charge in [-0.25, -0.2) is 0 Å². The zero-order valence-electron chi connectivity index (χ0n) is 21.0. The minimum Gasteiger partial charge on any atom is -0.496 e. The normalized spacial score (nSPS) is 19.6. The summed E-state index contributed by atoms with van der Waals surface area (Å²) in [6.45, 7) is 3.01. The second kappa shape index (κ2) is 10.0. The first-order chi connectivity index (χ1) is 17.9. The van der Waals surface area contributed by atoms with Gasteiger partial charge in [0.05, 0.1) is 13.2 Å². The van der Waals surface area contributed by atoms with E-state index in [1.165, 1.54) is 0 Å². The number of H-pyrrole nitrogens is 1. The van der Waals surface area contributed by atoms with E-state index >= 15 is 0 Å². The van der Waals surface area contributed by atoms with Crippen LogP contribution in [-0.4, -0.2) is 53.8 Å². The number of nitrogens with zero attached hydrogens (tertiary/aromatic N) is 1. The molecule has 8 nitrogen and oxygen atoms in total. The summed E-state index contributed by atoms with van der Waals surface area (Å²) in [5.74, 6) is 2.38. The van der Waals surface area contributed by atoms with Gasteiger partial charge >= 0.3 is 0 Å². The monoisotopic (exact) mass is 498 g/mol. The number of terminal acetylenes is 1. The van der Waals surface area contributed by atoms with E-state index in [0.717, 1.165) is 27.6 Å². The number of aromatic amines is 1. The Morgan fingerprint density at radius 2 is 2.08 bits per heavy atom. The predicted molar refractivity (Wildman–Crippen MR) is 140 cm³/mol. The van der Waals surface area contributed by atoms with E-state index in [9.17, 15) is 14.4 Å². The van der Waals surface area contributed by atoms with Gasteiger partial charge in [-0.2, -0.15) is 0 Å². The second-order valence-corrected chi connectivity index (χ2v) is 9.64. The molecular weight excluding hydrogens is 468 g/mol. The van der Waals surface area contributed by atoms with Crippen LogP contribution in [-0.2, 0) is 16.0 Å². The standard InChI is InChI=1S/C29H30N4O4/c1-4-19(15-18-11-13-30-27(18)34)31-28(35)26-21-8-5-7-17(2)20(21)12-14-33(26)29(36)24-16-22-23(32-24)9-6-10-25(22)37-3/h1,5-10,16,18-19,26,32H,11-15H2,2-3H3,(H,30,34)(H,31,35). The third-order valence-electron chi connectivity index (χ3n) is 7.44. The highest BCUT2D eigenvalue weighted by Gasteiger charge is 2.38. The molecule has 0 bridgehead atoms. The molecule has 3 atom stereocenters. The molecule has 3 heterocycles. The molecule has 5 rings (SSSR count). The van der Waals surface area contributed by atoms with E-state index in [0.29, 0.717) is 43.8 Å². The van der Waals surface area contributed by atoms with Gasteiger partial charge in [-0.1, -0.05) is 30.2 Å². The number of rotatable bonds is 6. The molecular formula is C29H30N4O4. The van der Waals surface area contributed by atoms with Gasteiger partial charge in [0.25, 0.3) is 5.91 Å². The molecule has 3 unspecified atom stereocenters. The maximum absolute atomic E-state index is 13.8. The van der Waals surface area contributed by atoms with Gasteiger partial charge in [-0.3, -0.25) is 14.4 Å². The van der Waals surface area contributed by atoms with Crippen molar-refractivity contribution >= 4 is 28.6 Å². The molecule has 2 aromatic carbocycles. The van der Waals surface area contributed by atoms with Gasteiger partial charge in [-0.15, -0.1) is 6.42 Å². The van der Waals surface area contributed by atoms with Crippen molar-refractivity contribution in [2.75, 3.05) is 20.2 Å². The summed E-state index contributed by atoms with van der Waals surface area (Å²) in [5.41, 5.74) is 4.09. The van der Waals surface area contributed by atoms with Gasteiger partial charge < -0.3 is 25.3 Å². The maximum Gasteiger partial charge on any atom is 0.271 e. The Kier molecular flexibility index (Phi) is 6.62. The van der Waals surface area contributed by atoms with Gasteiger partial charge in [0.15, 0.2) is 0 Å². The summed E-state index contributed by atoms with van der Waals surface area (Å²) in [6, 6.07) is 11.7. The molecule has 1 aromatic heterocycles. The number of amides is 3. The molecule has 2 aliphatic heterocycles. The van der Waals surface area contributed by atoms with Crippen molar-refractivity contribution in [3.8, 4) is 18.1 Å². The van der Waals surface area contributed by atoms with Crippen molar-refractivity contribution in [3.63, 3.8) is 0 Å². The van der Waals surface area contributed by atoms with Crippen molar-refractivity contribution in [2.24, 2.45) is 5.92 Å². The lowest BCUT2D eigenvalue weighted by Crippen LogP contribution is -2.49. The number of methoxy groups -OCH3 is 1. The molecule has 3 amide bonds. The lowest BCUT2D eigenvalue weighted by Gasteiger charge is -2.37. The second-order valence-electron chi connectivity index (χ2n) is 9.64. The molecule has 0 spiro atoms. The van der Waals surface area contributed by atoms with Crippen LogP contribution < -0.4 is 15.4 Å². The number of fused-ring (bicyclic) bond motifs is 2. The quantitative estimate of drug-likeness (QED) is 0.455. The van der Waals surface area contributed by atoms with E-state index in [2.05, 4.69) is 21.5 Å². The van der Waals surface area contributed by atoms with Crippen molar-refractivity contribution in [1.29, 1.82) is 0 Å². The largest absolute Gasteiger partial charge is 0.496 e. The lowest BCUT2D eigenvalue weighted by atomic mass is 9.88. The Hall–Kier alpha value is -4.25. The first kappa shape index (κ1) is 24.4. The Morgan fingerprint density at radius 3 is 2.81 bits per heavy atom. The van der Waals surface area contributed by atoms with Crippen LogP contribution in [0.15, 0.2) is 42.5 Å². The van der Waals surface area contributed by atoms with E-state index in [-0.39, 0.29) is 23.6 Å². The van der Waals surface area contributed by atoms with Gasteiger partial charge in [0.1, 0.15) is 17.5 Å². The van der Waals surface area contributed by atoms with E-state index in [4.69, 9.17) is 11.2 Å². The van der Waals surface area contributed by atoms with Crippen LogP contribution in [0.25, 0.3) is 10.9 Å².